The summed E-state index contributed by atoms with van der Waals surface area (Å²) in [5, 5.41) is 2.88. The standard InChI is InChI=1S/C8H6INS/c1-7-3-2-4-8(10-7)5-6-11-9/h2-4H,1H3. The van der Waals surface area contributed by atoms with E-state index < -0.39 is 0 Å². The number of hydrogen-bond donors (Lipinski definition) is 0. The highest BCUT2D eigenvalue weighted by Crippen LogP contribution is 2.07. The third-order valence-electron chi connectivity index (χ3n) is 1.11. The third kappa shape index (κ3) is 3.12. The van der Waals surface area contributed by atoms with Crippen LogP contribution in [0.1, 0.15) is 11.4 Å². The van der Waals surface area contributed by atoms with Gasteiger partial charge in [-0.15, -0.1) is 0 Å². The molecule has 1 aromatic heterocycles. The average Bonchev–Trinajstić information content (AvgIpc) is 2.01. The second kappa shape index (κ2) is 4.62. The molecule has 0 amide bonds. The molecule has 0 aliphatic rings. The molecule has 1 heterocycles. The molecule has 0 bridgehead atoms. The Hall–Kier alpha value is -0.210. The van der Waals surface area contributed by atoms with Gasteiger partial charge in [0.25, 0.3) is 0 Å². The van der Waals surface area contributed by atoms with Crippen molar-refractivity contribution in [1.82, 2.24) is 4.98 Å². The lowest BCUT2D eigenvalue weighted by Gasteiger charge is -1.90. The van der Waals surface area contributed by atoms with Gasteiger partial charge in [0.2, 0.25) is 0 Å². The maximum Gasteiger partial charge on any atom is 0.114 e. The second-order valence-corrected chi connectivity index (χ2v) is 3.65. The first-order valence-electron chi connectivity index (χ1n) is 3.05. The summed E-state index contributed by atoms with van der Waals surface area (Å²) in [5.74, 6) is 2.93. The van der Waals surface area contributed by atoms with E-state index in [1.54, 1.807) is 0 Å². The van der Waals surface area contributed by atoms with E-state index in [1.165, 1.54) is 8.93 Å². The van der Waals surface area contributed by atoms with Crippen molar-refractivity contribution in [2.24, 2.45) is 0 Å². The highest BCUT2D eigenvalue weighted by atomic mass is 127. The van der Waals surface area contributed by atoms with E-state index in [1.807, 2.05) is 25.1 Å². The molecule has 1 rings (SSSR count). The number of halogens is 1. The van der Waals surface area contributed by atoms with Gasteiger partial charge in [-0.3, -0.25) is 0 Å². The van der Waals surface area contributed by atoms with Crippen molar-refractivity contribution in [2.75, 3.05) is 0 Å². The smallest absolute Gasteiger partial charge is 0.114 e. The Labute approximate surface area is 82.6 Å². The van der Waals surface area contributed by atoms with Gasteiger partial charge in [-0.25, -0.2) is 4.98 Å². The molecule has 3 heteroatoms. The van der Waals surface area contributed by atoms with E-state index in [0.717, 1.165) is 11.4 Å². The Bertz CT molecular complexity index is 300. The lowest BCUT2D eigenvalue weighted by Crippen LogP contribution is -1.83. The lowest BCUT2D eigenvalue weighted by atomic mass is 10.3. The fourth-order valence-electron chi connectivity index (χ4n) is 0.684. The van der Waals surface area contributed by atoms with E-state index in [9.17, 15) is 0 Å². The molecule has 0 aromatic carbocycles. The fourth-order valence-corrected chi connectivity index (χ4v) is 1.16. The summed E-state index contributed by atoms with van der Waals surface area (Å²) in [4.78, 5) is 4.22. The Balaban J connectivity index is 2.87. The molecular formula is C8H6INS. The molecule has 0 atom stereocenters. The first-order valence-corrected chi connectivity index (χ1v) is 6.41. The van der Waals surface area contributed by atoms with Crippen molar-refractivity contribution in [2.45, 2.75) is 6.92 Å². The SMILES string of the molecule is Cc1cccc(C#CSI)n1. The molecule has 0 unspecified atom stereocenters. The summed E-state index contributed by atoms with van der Waals surface area (Å²) in [6.45, 7) is 1.96. The zero-order valence-electron chi connectivity index (χ0n) is 5.97. The van der Waals surface area contributed by atoms with Gasteiger partial charge in [-0.05, 0) is 39.2 Å². The third-order valence-corrected chi connectivity index (χ3v) is 1.95. The molecule has 0 spiro atoms. The normalized spacial score (nSPS) is 8.55. The van der Waals surface area contributed by atoms with Gasteiger partial charge in [0.05, 0.1) is 0 Å². The summed E-state index contributed by atoms with van der Waals surface area (Å²) in [7, 11) is 1.47. The van der Waals surface area contributed by atoms with Gasteiger partial charge in [-0.2, -0.15) is 0 Å². The molecule has 0 radical (unpaired) electrons. The lowest BCUT2D eigenvalue weighted by molar-refractivity contribution is 1.18. The van der Waals surface area contributed by atoms with Gasteiger partial charge in [0.1, 0.15) is 5.69 Å². The van der Waals surface area contributed by atoms with Crippen LogP contribution in [0.5, 0.6) is 0 Å². The molecule has 0 saturated heterocycles. The largest absolute Gasteiger partial charge is 0.245 e. The minimum Gasteiger partial charge on any atom is -0.245 e. The van der Waals surface area contributed by atoms with Gasteiger partial charge in [-0.1, -0.05) is 6.07 Å². The Morgan fingerprint density at radius 2 is 2.36 bits per heavy atom. The average molecular weight is 275 g/mol. The molecule has 0 fully saturated rings. The number of hydrogen-bond acceptors (Lipinski definition) is 2. The number of aryl methyl sites for hydroxylation is 1. The van der Waals surface area contributed by atoms with Crippen LogP contribution in [-0.2, 0) is 0 Å². The topological polar surface area (TPSA) is 12.9 Å². The van der Waals surface area contributed by atoms with Crippen molar-refractivity contribution in [3.8, 4) is 11.2 Å². The summed E-state index contributed by atoms with van der Waals surface area (Å²) in [6.07, 6.45) is 0. The molecule has 11 heavy (non-hydrogen) atoms. The molecule has 0 aliphatic carbocycles. The van der Waals surface area contributed by atoms with E-state index >= 15 is 0 Å². The maximum atomic E-state index is 4.22. The summed E-state index contributed by atoms with van der Waals surface area (Å²) in [6, 6.07) is 5.83. The van der Waals surface area contributed by atoms with Crippen molar-refractivity contribution in [1.29, 1.82) is 0 Å². The Kier molecular flexibility index (Phi) is 3.73. The zero-order chi connectivity index (χ0) is 8.10. The summed E-state index contributed by atoms with van der Waals surface area (Å²) < 4.78 is 0. The highest BCUT2D eigenvalue weighted by Gasteiger charge is 1.86. The van der Waals surface area contributed by atoms with Crippen LogP contribution in [0.25, 0.3) is 0 Å². The van der Waals surface area contributed by atoms with Crippen LogP contribution in [0, 0.1) is 18.1 Å². The molecule has 1 aromatic rings. The molecule has 0 aliphatic heterocycles. The second-order valence-electron chi connectivity index (χ2n) is 1.97. The molecule has 0 N–H and O–H groups in total. The van der Waals surface area contributed by atoms with Crippen LogP contribution in [0.3, 0.4) is 0 Å². The first kappa shape index (κ1) is 8.88. The molecule has 1 nitrogen and oxygen atoms in total. The number of pyridine rings is 1. The minimum absolute atomic E-state index is 0.842. The van der Waals surface area contributed by atoms with Crippen LogP contribution < -0.4 is 0 Å². The van der Waals surface area contributed by atoms with Crippen LogP contribution in [0.4, 0.5) is 0 Å². The van der Waals surface area contributed by atoms with E-state index in [0.29, 0.717) is 0 Å². The minimum atomic E-state index is 0.842. The van der Waals surface area contributed by atoms with Crippen molar-refractivity contribution >= 4 is 30.1 Å². The quantitative estimate of drug-likeness (QED) is 0.533. The van der Waals surface area contributed by atoms with Crippen LogP contribution in [-0.4, -0.2) is 4.98 Å². The monoisotopic (exact) mass is 275 g/mol. The predicted molar refractivity (Wildman–Crippen MR) is 57.5 cm³/mol. The van der Waals surface area contributed by atoms with Gasteiger partial charge < -0.3 is 0 Å². The van der Waals surface area contributed by atoms with Crippen LogP contribution in [0.2, 0.25) is 0 Å². The Morgan fingerprint density at radius 3 is 3.00 bits per heavy atom. The highest BCUT2D eigenvalue weighted by molar-refractivity contribution is 14.2. The zero-order valence-corrected chi connectivity index (χ0v) is 8.94. The predicted octanol–water partition coefficient (Wildman–Crippen LogP) is 2.78. The first-order chi connectivity index (χ1) is 5.33. The molecular weight excluding hydrogens is 269 g/mol. The summed E-state index contributed by atoms with van der Waals surface area (Å²) >= 11 is 2.14. The van der Waals surface area contributed by atoms with Gasteiger partial charge in [0, 0.05) is 26.9 Å². The van der Waals surface area contributed by atoms with E-state index in [2.05, 4.69) is 37.4 Å². The van der Waals surface area contributed by atoms with E-state index in [-0.39, 0.29) is 0 Å². The maximum absolute atomic E-state index is 4.22. The van der Waals surface area contributed by atoms with Crippen LogP contribution >= 0.6 is 30.1 Å². The van der Waals surface area contributed by atoms with Crippen molar-refractivity contribution < 1.29 is 0 Å². The number of nitrogens with zero attached hydrogens (tertiary/aromatic N) is 1. The van der Waals surface area contributed by atoms with Crippen molar-refractivity contribution in [3.05, 3.63) is 29.6 Å². The number of aromatic nitrogens is 1. The van der Waals surface area contributed by atoms with Gasteiger partial charge in [0.15, 0.2) is 0 Å². The number of rotatable bonds is 0. The fraction of sp³-hybridized carbons (Fsp3) is 0.125. The molecule has 0 saturated carbocycles. The molecule has 56 valence electrons. The van der Waals surface area contributed by atoms with Crippen LogP contribution in [0.15, 0.2) is 18.2 Å². The Morgan fingerprint density at radius 1 is 1.55 bits per heavy atom. The summed E-state index contributed by atoms with van der Waals surface area (Å²) in [5.41, 5.74) is 1.85. The van der Waals surface area contributed by atoms with E-state index in [4.69, 9.17) is 0 Å². The van der Waals surface area contributed by atoms with Crippen molar-refractivity contribution in [3.63, 3.8) is 0 Å². The van der Waals surface area contributed by atoms with Gasteiger partial charge >= 0.3 is 0 Å².